The molecule has 0 spiro atoms. The number of amides is 5. The van der Waals surface area contributed by atoms with Crippen LogP contribution in [0.25, 0.3) is 0 Å². The third-order valence-electron chi connectivity index (χ3n) is 8.08. The molecule has 0 saturated heterocycles. The van der Waals surface area contributed by atoms with E-state index < -0.39 is 96.8 Å². The Morgan fingerprint density at radius 2 is 1.10 bits per heavy atom. The molecular weight excluding hydrogens is 644 g/mol. The third kappa shape index (κ3) is 16.7. The zero-order chi connectivity index (χ0) is 37.7. The smallest absolute Gasteiger partial charge is 0.326 e. The van der Waals surface area contributed by atoms with Crippen molar-refractivity contribution in [3.63, 3.8) is 0 Å². The van der Waals surface area contributed by atoms with Crippen molar-refractivity contribution in [2.24, 2.45) is 39.8 Å². The van der Waals surface area contributed by atoms with E-state index in [0.717, 1.165) is 0 Å². The SMILES string of the molecule is CC[C@H](C)[C@H](NC(=O)[C@H](CO)NC(=O)[C@H](CO)NC(=O)[C@@H](N)CCCCN)C(=O)N[C@H](C(=O)N[C@@H](CCCN=C(N)N)C(=O)O)[C@@H](C)CC. The van der Waals surface area contributed by atoms with Crippen LogP contribution in [0.1, 0.15) is 72.6 Å². The molecule has 8 atom stereocenters. The van der Waals surface area contributed by atoms with E-state index in [1.54, 1.807) is 27.7 Å². The number of unbranched alkanes of at least 4 members (excludes halogenated alkanes) is 1. The lowest BCUT2D eigenvalue weighted by Gasteiger charge is -2.30. The van der Waals surface area contributed by atoms with Crippen molar-refractivity contribution < 1.29 is 44.1 Å². The van der Waals surface area contributed by atoms with Crippen LogP contribution in [0, 0.1) is 11.8 Å². The van der Waals surface area contributed by atoms with Crippen LogP contribution in [0.15, 0.2) is 4.99 Å². The first kappa shape index (κ1) is 44.9. The van der Waals surface area contributed by atoms with Crippen LogP contribution in [-0.4, -0.2) is 119 Å². The highest BCUT2D eigenvalue weighted by molar-refractivity contribution is 5.96. The van der Waals surface area contributed by atoms with E-state index in [0.29, 0.717) is 38.6 Å². The molecule has 0 saturated carbocycles. The number of rotatable bonds is 25. The number of nitrogens with zero attached hydrogens (tertiary/aromatic N) is 1. The molecule has 19 heteroatoms. The standard InChI is InChI=1S/C30H58N10O9/c1-5-16(3)22(27(46)36-19(29(48)49)11-9-13-35-30(33)34)40-28(47)23(17(4)6-2)39-26(45)21(15-42)38-25(44)20(14-41)37-24(43)18(32)10-7-8-12-31/h16-23,41-42H,5-15,31-32H2,1-4H3,(H,36,46)(H,37,43)(H,38,44)(H,39,45)(H,40,47)(H,48,49)(H4,33,34,35)/t16-,17-,18-,19-,20-,21-,22-,23-/m0/s1. The summed E-state index contributed by atoms with van der Waals surface area (Å²) in [6, 6.07) is -7.74. The van der Waals surface area contributed by atoms with Gasteiger partial charge in [-0.1, -0.05) is 47.0 Å². The fourth-order valence-corrected chi connectivity index (χ4v) is 4.50. The maximum Gasteiger partial charge on any atom is 0.326 e. The second-order valence-corrected chi connectivity index (χ2v) is 12.0. The number of carboxylic acid groups (broad SMARTS) is 1. The molecule has 282 valence electrons. The molecule has 19 nitrogen and oxygen atoms in total. The summed E-state index contributed by atoms with van der Waals surface area (Å²) < 4.78 is 0. The number of hydrogen-bond donors (Lipinski definition) is 12. The second-order valence-electron chi connectivity index (χ2n) is 12.0. The summed E-state index contributed by atoms with van der Waals surface area (Å²) in [5.41, 5.74) is 21.9. The molecule has 16 N–H and O–H groups in total. The predicted octanol–water partition coefficient (Wildman–Crippen LogP) is -3.92. The molecule has 0 fully saturated rings. The van der Waals surface area contributed by atoms with Gasteiger partial charge in [0.2, 0.25) is 29.5 Å². The van der Waals surface area contributed by atoms with Crippen LogP contribution >= 0.6 is 0 Å². The van der Waals surface area contributed by atoms with E-state index in [1.807, 2.05) is 0 Å². The zero-order valence-corrected chi connectivity index (χ0v) is 28.9. The molecule has 0 aliphatic carbocycles. The van der Waals surface area contributed by atoms with Crippen LogP contribution in [0.5, 0.6) is 0 Å². The Bertz CT molecular complexity index is 1110. The third-order valence-corrected chi connectivity index (χ3v) is 8.08. The summed E-state index contributed by atoms with van der Waals surface area (Å²) in [7, 11) is 0. The minimum atomic E-state index is -1.58. The zero-order valence-electron chi connectivity index (χ0n) is 28.9. The lowest BCUT2D eigenvalue weighted by molar-refractivity contribution is -0.143. The lowest BCUT2D eigenvalue weighted by atomic mass is 9.94. The topological polar surface area (TPSA) is 340 Å². The number of aliphatic hydroxyl groups is 2. The van der Waals surface area contributed by atoms with E-state index in [2.05, 4.69) is 31.6 Å². The number of nitrogens with one attached hydrogen (secondary N) is 5. The summed E-state index contributed by atoms with van der Waals surface area (Å²) in [6.45, 7) is 5.75. The van der Waals surface area contributed by atoms with Gasteiger partial charge in [-0.25, -0.2) is 4.79 Å². The number of aliphatic carboxylic acids is 1. The van der Waals surface area contributed by atoms with E-state index in [-0.39, 0.29) is 25.3 Å². The van der Waals surface area contributed by atoms with E-state index >= 15 is 0 Å². The fourth-order valence-electron chi connectivity index (χ4n) is 4.50. The fraction of sp³-hybridized carbons (Fsp3) is 0.767. The van der Waals surface area contributed by atoms with Crippen molar-refractivity contribution in [3.05, 3.63) is 0 Å². The van der Waals surface area contributed by atoms with Gasteiger partial charge in [-0.3, -0.25) is 29.0 Å². The van der Waals surface area contributed by atoms with Gasteiger partial charge in [-0.15, -0.1) is 0 Å². The first-order valence-corrected chi connectivity index (χ1v) is 16.6. The molecule has 5 amide bonds. The Kier molecular flexibility index (Phi) is 22.1. The summed E-state index contributed by atoms with van der Waals surface area (Å²) in [6.07, 6.45) is 2.62. The maximum atomic E-state index is 13.6. The quantitative estimate of drug-likeness (QED) is 0.0246. The van der Waals surface area contributed by atoms with Crippen molar-refractivity contribution in [2.75, 3.05) is 26.3 Å². The number of aliphatic hydroxyl groups excluding tert-OH is 2. The summed E-state index contributed by atoms with van der Waals surface area (Å²) >= 11 is 0. The molecule has 0 aromatic heterocycles. The highest BCUT2D eigenvalue weighted by Crippen LogP contribution is 2.13. The van der Waals surface area contributed by atoms with Gasteiger partial charge in [-0.2, -0.15) is 0 Å². The van der Waals surface area contributed by atoms with E-state index in [1.165, 1.54) is 0 Å². The number of guanidine groups is 1. The molecule has 0 aromatic carbocycles. The number of hydrogen-bond acceptors (Lipinski definition) is 11. The number of carboxylic acids is 1. The van der Waals surface area contributed by atoms with Crippen LogP contribution in [0.4, 0.5) is 0 Å². The van der Waals surface area contributed by atoms with Crippen molar-refractivity contribution >= 4 is 41.5 Å². The van der Waals surface area contributed by atoms with Gasteiger partial charge < -0.3 is 64.8 Å². The van der Waals surface area contributed by atoms with Crippen molar-refractivity contribution in [1.82, 2.24) is 26.6 Å². The molecule has 0 rings (SSSR count). The number of carbonyl (C=O) groups excluding carboxylic acids is 5. The van der Waals surface area contributed by atoms with Crippen molar-refractivity contribution in [3.8, 4) is 0 Å². The van der Waals surface area contributed by atoms with Crippen LogP contribution in [0.3, 0.4) is 0 Å². The molecule has 0 aromatic rings. The monoisotopic (exact) mass is 702 g/mol. The maximum absolute atomic E-state index is 13.6. The Morgan fingerprint density at radius 1 is 0.653 bits per heavy atom. The number of aliphatic imine (C=N–C) groups is 1. The van der Waals surface area contributed by atoms with Gasteiger partial charge >= 0.3 is 5.97 Å². The highest BCUT2D eigenvalue weighted by atomic mass is 16.4. The number of carbonyl (C=O) groups is 6. The average Bonchev–Trinajstić information content (AvgIpc) is 3.06. The normalized spacial score (nSPS) is 15.9. The van der Waals surface area contributed by atoms with Crippen LogP contribution in [-0.2, 0) is 28.8 Å². The van der Waals surface area contributed by atoms with Crippen molar-refractivity contribution in [2.45, 2.75) is 109 Å². The molecular formula is C30H58N10O9. The minimum absolute atomic E-state index is 0.0151. The highest BCUT2D eigenvalue weighted by Gasteiger charge is 2.35. The minimum Gasteiger partial charge on any atom is -0.480 e. The molecule has 49 heavy (non-hydrogen) atoms. The lowest BCUT2D eigenvalue weighted by Crippen LogP contribution is -2.62. The van der Waals surface area contributed by atoms with Gasteiger partial charge in [-0.05, 0) is 44.1 Å². The first-order chi connectivity index (χ1) is 23.1. The van der Waals surface area contributed by atoms with Crippen LogP contribution in [0.2, 0.25) is 0 Å². The Labute approximate surface area is 287 Å². The Morgan fingerprint density at radius 3 is 1.55 bits per heavy atom. The second kappa shape index (κ2) is 24.1. The molecule has 0 aliphatic heterocycles. The Hall–Kier alpha value is -4.07. The molecule has 0 radical (unpaired) electrons. The van der Waals surface area contributed by atoms with Crippen molar-refractivity contribution in [1.29, 1.82) is 0 Å². The van der Waals surface area contributed by atoms with E-state index in [4.69, 9.17) is 22.9 Å². The largest absolute Gasteiger partial charge is 0.480 e. The summed E-state index contributed by atoms with van der Waals surface area (Å²) in [5, 5.41) is 41.4. The Balaban J connectivity index is 5.76. The van der Waals surface area contributed by atoms with Gasteiger partial charge in [0, 0.05) is 6.54 Å². The van der Waals surface area contributed by atoms with E-state index in [9.17, 15) is 44.1 Å². The average molecular weight is 703 g/mol. The van der Waals surface area contributed by atoms with Gasteiger partial charge in [0.15, 0.2) is 5.96 Å². The number of nitrogens with two attached hydrogens (primary N) is 4. The molecule has 0 bridgehead atoms. The summed E-state index contributed by atoms with van der Waals surface area (Å²) in [4.78, 5) is 80.9. The predicted molar refractivity (Wildman–Crippen MR) is 181 cm³/mol. The van der Waals surface area contributed by atoms with Crippen LogP contribution < -0.4 is 49.5 Å². The molecule has 0 heterocycles. The van der Waals surface area contributed by atoms with Gasteiger partial charge in [0.25, 0.3) is 0 Å². The van der Waals surface area contributed by atoms with Gasteiger partial charge in [0.1, 0.15) is 30.2 Å². The first-order valence-electron chi connectivity index (χ1n) is 16.6. The molecule has 0 unspecified atom stereocenters. The summed E-state index contributed by atoms with van der Waals surface area (Å²) in [5.74, 6) is -6.52. The molecule has 0 aliphatic rings. The van der Waals surface area contributed by atoms with Gasteiger partial charge in [0.05, 0.1) is 19.3 Å².